The van der Waals surface area contributed by atoms with E-state index < -0.39 is 0 Å². The topological polar surface area (TPSA) is 21.3 Å². The van der Waals surface area contributed by atoms with E-state index in [4.69, 9.17) is 4.74 Å². The summed E-state index contributed by atoms with van der Waals surface area (Å²) in [6.45, 7) is 3.09. The van der Waals surface area contributed by atoms with Gasteiger partial charge < -0.3 is 10.1 Å². The summed E-state index contributed by atoms with van der Waals surface area (Å²) >= 11 is 1.91. The predicted octanol–water partition coefficient (Wildman–Crippen LogP) is 4.48. The second-order valence-electron chi connectivity index (χ2n) is 6.21. The molecule has 0 saturated heterocycles. The Morgan fingerprint density at radius 3 is 3.05 bits per heavy atom. The van der Waals surface area contributed by atoms with Gasteiger partial charge in [-0.3, -0.25) is 0 Å². The van der Waals surface area contributed by atoms with Crippen molar-refractivity contribution in [2.45, 2.75) is 38.3 Å². The third kappa shape index (κ3) is 2.39. The maximum Gasteiger partial charge on any atom is 0.124 e. The highest BCUT2D eigenvalue weighted by Crippen LogP contribution is 2.40. The van der Waals surface area contributed by atoms with E-state index in [9.17, 15) is 0 Å². The highest BCUT2D eigenvalue weighted by atomic mass is 32.1. The zero-order valence-electron chi connectivity index (χ0n) is 12.3. The average Bonchev–Trinajstić information content (AvgIpc) is 2.99. The molecule has 2 aliphatic rings. The van der Waals surface area contributed by atoms with Crippen LogP contribution >= 0.6 is 11.3 Å². The first-order valence-corrected chi connectivity index (χ1v) is 8.75. The van der Waals surface area contributed by atoms with E-state index in [1.807, 2.05) is 11.3 Å². The first-order chi connectivity index (χ1) is 10.3. The quantitative estimate of drug-likeness (QED) is 0.882. The van der Waals surface area contributed by atoms with E-state index >= 15 is 0 Å². The van der Waals surface area contributed by atoms with Gasteiger partial charge in [-0.05, 0) is 42.3 Å². The average molecular weight is 299 g/mol. The minimum Gasteiger partial charge on any atom is -0.493 e. The third-order valence-corrected chi connectivity index (χ3v) is 5.75. The van der Waals surface area contributed by atoms with E-state index in [1.54, 1.807) is 4.88 Å². The van der Waals surface area contributed by atoms with E-state index in [1.165, 1.54) is 30.4 Å². The van der Waals surface area contributed by atoms with Gasteiger partial charge in [-0.2, -0.15) is 0 Å². The number of ether oxygens (including phenoxy) is 1. The lowest BCUT2D eigenvalue weighted by Crippen LogP contribution is -2.37. The molecule has 0 radical (unpaired) electrons. The van der Waals surface area contributed by atoms with Crippen LogP contribution in [-0.2, 0) is 6.42 Å². The maximum atomic E-state index is 5.87. The summed E-state index contributed by atoms with van der Waals surface area (Å²) in [6, 6.07) is 11.7. The predicted molar refractivity (Wildman–Crippen MR) is 87.0 cm³/mol. The molecular weight excluding hydrogens is 278 g/mol. The first kappa shape index (κ1) is 13.4. The van der Waals surface area contributed by atoms with E-state index in [2.05, 4.69) is 48.0 Å². The fraction of sp³-hybridized carbons (Fsp3) is 0.444. The summed E-state index contributed by atoms with van der Waals surface area (Å²) in [7, 11) is 0. The van der Waals surface area contributed by atoms with Crippen LogP contribution in [-0.4, -0.2) is 6.61 Å². The minimum atomic E-state index is 0.394. The van der Waals surface area contributed by atoms with Crippen molar-refractivity contribution in [2.75, 3.05) is 6.61 Å². The summed E-state index contributed by atoms with van der Waals surface area (Å²) in [5.74, 6) is 1.55. The molecule has 4 rings (SSSR count). The van der Waals surface area contributed by atoms with Crippen molar-refractivity contribution in [3.8, 4) is 5.75 Å². The lowest BCUT2D eigenvalue weighted by molar-refractivity contribution is 0.177. The van der Waals surface area contributed by atoms with Gasteiger partial charge in [-0.15, -0.1) is 11.3 Å². The Kier molecular flexibility index (Phi) is 3.48. The molecule has 0 saturated carbocycles. The number of hydrogen-bond acceptors (Lipinski definition) is 3. The normalized spacial score (nSPS) is 27.6. The van der Waals surface area contributed by atoms with Gasteiger partial charge >= 0.3 is 0 Å². The molecule has 2 heterocycles. The summed E-state index contributed by atoms with van der Waals surface area (Å²) in [5, 5.41) is 6.17. The highest BCUT2D eigenvalue weighted by Gasteiger charge is 2.31. The van der Waals surface area contributed by atoms with Crippen molar-refractivity contribution in [1.29, 1.82) is 0 Å². The van der Waals surface area contributed by atoms with Crippen molar-refractivity contribution in [3.63, 3.8) is 0 Å². The molecule has 1 aromatic heterocycles. The number of para-hydroxylation sites is 1. The fourth-order valence-corrected chi connectivity index (χ4v) is 4.61. The van der Waals surface area contributed by atoms with Crippen LogP contribution in [0.25, 0.3) is 0 Å². The van der Waals surface area contributed by atoms with Gasteiger partial charge in [-0.25, -0.2) is 0 Å². The Bertz CT molecular complexity index is 636. The largest absolute Gasteiger partial charge is 0.493 e. The smallest absolute Gasteiger partial charge is 0.124 e. The molecule has 3 unspecified atom stereocenters. The van der Waals surface area contributed by atoms with Gasteiger partial charge in [0.15, 0.2) is 0 Å². The molecule has 3 atom stereocenters. The Labute approximate surface area is 130 Å². The van der Waals surface area contributed by atoms with Crippen LogP contribution in [0.1, 0.15) is 47.9 Å². The Morgan fingerprint density at radius 1 is 1.19 bits per heavy atom. The second-order valence-corrected chi connectivity index (χ2v) is 7.22. The number of thiophene rings is 1. The van der Waals surface area contributed by atoms with Crippen LogP contribution in [0.15, 0.2) is 35.7 Å². The Hall–Kier alpha value is -1.32. The van der Waals surface area contributed by atoms with E-state index in [-0.39, 0.29) is 0 Å². The fourth-order valence-electron chi connectivity index (χ4n) is 3.62. The number of nitrogens with one attached hydrogen (secondary N) is 1. The molecule has 110 valence electrons. The molecule has 3 heteroatoms. The summed E-state index contributed by atoms with van der Waals surface area (Å²) < 4.78 is 5.87. The van der Waals surface area contributed by atoms with Crippen LogP contribution in [0, 0.1) is 5.92 Å². The molecule has 2 aromatic rings. The van der Waals surface area contributed by atoms with Crippen LogP contribution < -0.4 is 10.1 Å². The molecule has 21 heavy (non-hydrogen) atoms. The first-order valence-electron chi connectivity index (χ1n) is 7.87. The molecular formula is C18H21NOS. The molecule has 1 aliphatic carbocycles. The number of benzene rings is 1. The minimum absolute atomic E-state index is 0.394. The summed E-state index contributed by atoms with van der Waals surface area (Å²) in [4.78, 5) is 1.58. The number of aryl methyl sites for hydroxylation is 1. The lowest BCUT2D eigenvalue weighted by Gasteiger charge is -2.36. The third-order valence-electron chi connectivity index (χ3n) is 4.76. The number of hydrogen-bond donors (Lipinski definition) is 1. The van der Waals surface area contributed by atoms with E-state index in [0.717, 1.165) is 12.4 Å². The zero-order chi connectivity index (χ0) is 14.2. The maximum absolute atomic E-state index is 5.87. The molecule has 0 spiro atoms. The summed E-state index contributed by atoms with van der Waals surface area (Å²) in [5.41, 5.74) is 2.85. The number of rotatable bonds is 2. The van der Waals surface area contributed by atoms with Crippen molar-refractivity contribution in [2.24, 2.45) is 5.92 Å². The van der Waals surface area contributed by atoms with E-state index in [0.29, 0.717) is 18.0 Å². The van der Waals surface area contributed by atoms with Gasteiger partial charge in [-0.1, -0.05) is 25.1 Å². The molecule has 1 aromatic carbocycles. The highest BCUT2D eigenvalue weighted by molar-refractivity contribution is 7.10. The van der Waals surface area contributed by atoms with Gasteiger partial charge in [0.25, 0.3) is 0 Å². The van der Waals surface area contributed by atoms with Crippen molar-refractivity contribution >= 4 is 11.3 Å². The van der Waals surface area contributed by atoms with Gasteiger partial charge in [0, 0.05) is 28.4 Å². The van der Waals surface area contributed by atoms with Crippen LogP contribution in [0.3, 0.4) is 0 Å². The summed E-state index contributed by atoms with van der Waals surface area (Å²) in [6.07, 6.45) is 3.80. The number of fused-ring (bicyclic) bond motifs is 2. The molecule has 2 nitrogen and oxygen atoms in total. The Balaban J connectivity index is 1.63. The second kappa shape index (κ2) is 5.47. The molecule has 0 fully saturated rings. The van der Waals surface area contributed by atoms with Crippen LogP contribution in [0.4, 0.5) is 0 Å². The molecule has 1 aliphatic heterocycles. The SMILES string of the molecule is CC1COc2ccccc2C1NC1CCCc2sccc21. The van der Waals surface area contributed by atoms with Crippen molar-refractivity contribution < 1.29 is 4.74 Å². The lowest BCUT2D eigenvalue weighted by atomic mass is 9.88. The standard InChI is InChI=1S/C18H21NOS/c1-12-11-20-16-7-3-2-5-14(16)18(12)19-15-6-4-8-17-13(15)9-10-21-17/h2-3,5,7,9-10,12,15,18-19H,4,6,8,11H2,1H3. The van der Waals surface area contributed by atoms with Gasteiger partial charge in [0.1, 0.15) is 5.75 Å². The van der Waals surface area contributed by atoms with Crippen LogP contribution in [0.5, 0.6) is 5.75 Å². The molecule has 1 N–H and O–H groups in total. The van der Waals surface area contributed by atoms with Crippen molar-refractivity contribution in [3.05, 3.63) is 51.7 Å². The van der Waals surface area contributed by atoms with Gasteiger partial charge in [0.05, 0.1) is 6.61 Å². The van der Waals surface area contributed by atoms with Crippen LogP contribution in [0.2, 0.25) is 0 Å². The molecule has 0 bridgehead atoms. The Morgan fingerprint density at radius 2 is 2.10 bits per heavy atom. The molecule has 0 amide bonds. The van der Waals surface area contributed by atoms with Crippen molar-refractivity contribution in [1.82, 2.24) is 5.32 Å². The zero-order valence-corrected chi connectivity index (χ0v) is 13.2. The monoisotopic (exact) mass is 299 g/mol. The van der Waals surface area contributed by atoms with Gasteiger partial charge in [0.2, 0.25) is 0 Å².